The van der Waals surface area contributed by atoms with E-state index in [1.807, 2.05) is 18.2 Å². The Bertz CT molecular complexity index is 704. The number of nitrogens with zero attached hydrogens (tertiary/aromatic N) is 1. The molecule has 0 heterocycles. The molecule has 0 fully saturated rings. The number of nitrogens with one attached hydrogen (secondary N) is 1. The van der Waals surface area contributed by atoms with Gasteiger partial charge in [-0.2, -0.15) is 5.26 Å². The molecule has 1 aliphatic carbocycles. The highest BCUT2D eigenvalue weighted by Gasteiger charge is 2.22. The maximum atomic E-state index is 8.88. The lowest BCUT2D eigenvalue weighted by Gasteiger charge is -2.16. The first-order chi connectivity index (χ1) is 9.67. The Morgan fingerprint density at radius 3 is 2.75 bits per heavy atom. The van der Waals surface area contributed by atoms with E-state index in [1.165, 1.54) is 11.1 Å². The number of nitriles is 1. The molecule has 1 aliphatic rings. The zero-order valence-electron chi connectivity index (χ0n) is 10.7. The van der Waals surface area contributed by atoms with Crippen LogP contribution in [0.15, 0.2) is 36.4 Å². The number of benzene rings is 2. The van der Waals surface area contributed by atoms with E-state index in [4.69, 9.17) is 28.5 Å². The summed E-state index contributed by atoms with van der Waals surface area (Å²) >= 11 is 12.1. The largest absolute Gasteiger partial charge is 0.378 e. The van der Waals surface area contributed by atoms with Crippen molar-refractivity contribution in [3.05, 3.63) is 63.1 Å². The van der Waals surface area contributed by atoms with Gasteiger partial charge in [-0.25, -0.2) is 0 Å². The van der Waals surface area contributed by atoms with Crippen molar-refractivity contribution in [1.29, 1.82) is 5.26 Å². The number of halogens is 2. The molecule has 0 aliphatic heterocycles. The van der Waals surface area contributed by atoms with Gasteiger partial charge in [0.15, 0.2) is 0 Å². The van der Waals surface area contributed by atoms with E-state index in [0.717, 1.165) is 23.6 Å². The van der Waals surface area contributed by atoms with Gasteiger partial charge in [0, 0.05) is 10.7 Å². The smallest absolute Gasteiger partial charge is 0.101 e. The molecule has 1 unspecified atom stereocenters. The standard InChI is InChI=1S/C16H12Cl2N2/c17-12-3-5-14-10(7-12)2-6-16(14)20-13-4-1-11(9-19)15(18)8-13/h1,3-5,7-8,16,20H,2,6H2. The maximum Gasteiger partial charge on any atom is 0.101 e. The van der Waals surface area contributed by atoms with Crippen molar-refractivity contribution in [1.82, 2.24) is 0 Å². The summed E-state index contributed by atoms with van der Waals surface area (Å²) in [5, 5.41) is 13.6. The fourth-order valence-corrected chi connectivity index (χ4v) is 3.05. The van der Waals surface area contributed by atoms with Gasteiger partial charge >= 0.3 is 0 Å². The third kappa shape index (κ3) is 2.47. The van der Waals surface area contributed by atoms with E-state index in [-0.39, 0.29) is 6.04 Å². The molecule has 0 saturated carbocycles. The first-order valence-corrected chi connectivity index (χ1v) is 7.17. The Morgan fingerprint density at radius 2 is 2.00 bits per heavy atom. The normalized spacial score (nSPS) is 16.6. The average molecular weight is 303 g/mol. The molecule has 0 aromatic heterocycles. The van der Waals surface area contributed by atoms with Crippen LogP contribution in [0.25, 0.3) is 0 Å². The lowest BCUT2D eigenvalue weighted by Crippen LogP contribution is -2.07. The van der Waals surface area contributed by atoms with Crippen molar-refractivity contribution < 1.29 is 0 Å². The minimum Gasteiger partial charge on any atom is -0.378 e. The van der Waals surface area contributed by atoms with Crippen LogP contribution in [0.2, 0.25) is 10.0 Å². The van der Waals surface area contributed by atoms with E-state index < -0.39 is 0 Å². The monoisotopic (exact) mass is 302 g/mol. The van der Waals surface area contributed by atoms with E-state index in [1.54, 1.807) is 12.1 Å². The molecular weight excluding hydrogens is 291 g/mol. The fraction of sp³-hybridized carbons (Fsp3) is 0.188. The first-order valence-electron chi connectivity index (χ1n) is 6.42. The number of anilines is 1. The van der Waals surface area contributed by atoms with Crippen LogP contribution in [-0.2, 0) is 6.42 Å². The predicted molar refractivity (Wildman–Crippen MR) is 82.3 cm³/mol. The van der Waals surface area contributed by atoms with Gasteiger partial charge in [0.1, 0.15) is 6.07 Å². The van der Waals surface area contributed by atoms with Gasteiger partial charge in [-0.15, -0.1) is 0 Å². The van der Waals surface area contributed by atoms with Crippen molar-refractivity contribution in [3.8, 4) is 6.07 Å². The number of fused-ring (bicyclic) bond motifs is 1. The highest BCUT2D eigenvalue weighted by Crippen LogP contribution is 2.35. The van der Waals surface area contributed by atoms with Gasteiger partial charge in [0.2, 0.25) is 0 Å². The molecule has 0 amide bonds. The number of hydrogen-bond donors (Lipinski definition) is 1. The number of hydrogen-bond acceptors (Lipinski definition) is 2. The Labute approximate surface area is 127 Å². The summed E-state index contributed by atoms with van der Waals surface area (Å²) in [6.45, 7) is 0. The summed E-state index contributed by atoms with van der Waals surface area (Å²) in [5.74, 6) is 0. The fourth-order valence-electron chi connectivity index (χ4n) is 2.63. The van der Waals surface area contributed by atoms with Gasteiger partial charge in [-0.05, 0) is 54.3 Å². The van der Waals surface area contributed by atoms with Crippen LogP contribution < -0.4 is 5.32 Å². The minimum atomic E-state index is 0.270. The van der Waals surface area contributed by atoms with Crippen LogP contribution in [0.1, 0.15) is 29.2 Å². The second-order valence-corrected chi connectivity index (χ2v) is 5.73. The molecule has 4 heteroatoms. The molecule has 1 atom stereocenters. The Kier molecular flexibility index (Phi) is 3.56. The Balaban J connectivity index is 1.84. The van der Waals surface area contributed by atoms with Crippen molar-refractivity contribution >= 4 is 28.9 Å². The summed E-state index contributed by atoms with van der Waals surface area (Å²) < 4.78 is 0. The van der Waals surface area contributed by atoms with Crippen LogP contribution in [0, 0.1) is 11.3 Å². The molecule has 20 heavy (non-hydrogen) atoms. The quantitative estimate of drug-likeness (QED) is 0.850. The third-order valence-electron chi connectivity index (χ3n) is 3.61. The van der Waals surface area contributed by atoms with E-state index in [9.17, 15) is 0 Å². The molecule has 0 spiro atoms. The van der Waals surface area contributed by atoms with E-state index in [2.05, 4.69) is 17.5 Å². The van der Waals surface area contributed by atoms with E-state index in [0.29, 0.717) is 10.6 Å². The highest BCUT2D eigenvalue weighted by atomic mass is 35.5. The van der Waals surface area contributed by atoms with Gasteiger partial charge in [0.05, 0.1) is 16.6 Å². The molecule has 100 valence electrons. The lowest BCUT2D eigenvalue weighted by atomic mass is 10.1. The van der Waals surface area contributed by atoms with E-state index >= 15 is 0 Å². The number of rotatable bonds is 2. The average Bonchev–Trinajstić information content (AvgIpc) is 2.81. The second-order valence-electron chi connectivity index (χ2n) is 4.89. The van der Waals surface area contributed by atoms with Gasteiger partial charge in [0.25, 0.3) is 0 Å². The van der Waals surface area contributed by atoms with Crippen molar-refractivity contribution in [2.24, 2.45) is 0 Å². The summed E-state index contributed by atoms with van der Waals surface area (Å²) in [5.41, 5.74) is 4.02. The molecule has 2 nitrogen and oxygen atoms in total. The van der Waals surface area contributed by atoms with Crippen LogP contribution in [0.4, 0.5) is 5.69 Å². The summed E-state index contributed by atoms with van der Waals surface area (Å²) in [4.78, 5) is 0. The van der Waals surface area contributed by atoms with Crippen LogP contribution in [0.3, 0.4) is 0 Å². The van der Waals surface area contributed by atoms with Crippen molar-refractivity contribution in [2.45, 2.75) is 18.9 Å². The highest BCUT2D eigenvalue weighted by molar-refractivity contribution is 6.32. The van der Waals surface area contributed by atoms with Gasteiger partial charge in [-0.1, -0.05) is 29.3 Å². The lowest BCUT2D eigenvalue weighted by molar-refractivity contribution is 0.762. The summed E-state index contributed by atoms with van der Waals surface area (Å²) in [6.07, 6.45) is 2.06. The zero-order valence-corrected chi connectivity index (χ0v) is 12.2. The van der Waals surface area contributed by atoms with Crippen LogP contribution in [-0.4, -0.2) is 0 Å². The Hall–Kier alpha value is -1.69. The van der Waals surface area contributed by atoms with Crippen molar-refractivity contribution in [2.75, 3.05) is 5.32 Å². The zero-order chi connectivity index (χ0) is 14.1. The van der Waals surface area contributed by atoms with Gasteiger partial charge < -0.3 is 5.32 Å². The van der Waals surface area contributed by atoms with Crippen molar-refractivity contribution in [3.63, 3.8) is 0 Å². The molecule has 0 bridgehead atoms. The predicted octanol–water partition coefficient (Wildman–Crippen LogP) is 4.96. The topological polar surface area (TPSA) is 35.8 Å². The maximum absolute atomic E-state index is 8.88. The minimum absolute atomic E-state index is 0.270. The molecular formula is C16H12Cl2N2. The van der Waals surface area contributed by atoms with Crippen LogP contribution >= 0.6 is 23.2 Å². The molecule has 0 saturated heterocycles. The van der Waals surface area contributed by atoms with Gasteiger partial charge in [-0.3, -0.25) is 0 Å². The molecule has 0 radical (unpaired) electrons. The SMILES string of the molecule is N#Cc1ccc(NC2CCc3cc(Cl)ccc32)cc1Cl. The molecule has 2 aromatic carbocycles. The summed E-state index contributed by atoms with van der Waals surface area (Å²) in [6, 6.07) is 13.8. The second kappa shape index (κ2) is 5.36. The molecule has 3 rings (SSSR count). The molecule has 1 N–H and O–H groups in total. The third-order valence-corrected chi connectivity index (χ3v) is 4.16. The van der Waals surface area contributed by atoms with Crippen LogP contribution in [0.5, 0.6) is 0 Å². The number of aryl methyl sites for hydroxylation is 1. The first kappa shape index (κ1) is 13.3. The molecule has 2 aromatic rings. The summed E-state index contributed by atoms with van der Waals surface area (Å²) in [7, 11) is 0. The Morgan fingerprint density at radius 1 is 1.15 bits per heavy atom.